The molecule has 1 aromatic carbocycles. The maximum atomic E-state index is 13.2. The van der Waals surface area contributed by atoms with Crippen molar-refractivity contribution in [1.29, 1.82) is 5.26 Å². The van der Waals surface area contributed by atoms with Crippen LogP contribution in [0.3, 0.4) is 0 Å². The monoisotopic (exact) mass is 434 g/mol. The van der Waals surface area contributed by atoms with Crippen LogP contribution in [0.25, 0.3) is 22.5 Å². The molecule has 5 rings (SSSR count). The second-order valence-electron chi connectivity index (χ2n) is 7.44. The van der Waals surface area contributed by atoms with Gasteiger partial charge in [0.1, 0.15) is 11.6 Å². The highest BCUT2D eigenvalue weighted by molar-refractivity contribution is 6.05. The third-order valence-electron chi connectivity index (χ3n) is 5.37. The number of amides is 1. The van der Waals surface area contributed by atoms with E-state index in [9.17, 15) is 10.1 Å². The third kappa shape index (κ3) is 3.49. The van der Waals surface area contributed by atoms with Crippen molar-refractivity contribution >= 4 is 22.6 Å². The van der Waals surface area contributed by atoms with E-state index in [1.54, 1.807) is 23.9 Å². The number of hydrogen-bond acceptors (Lipinski definition) is 6. The lowest BCUT2D eigenvalue weighted by atomic mass is 10.1. The van der Waals surface area contributed by atoms with E-state index in [1.807, 2.05) is 49.4 Å². The molecule has 5 aromatic rings. The molecule has 0 fully saturated rings. The Morgan fingerprint density at radius 3 is 2.58 bits per heavy atom. The van der Waals surface area contributed by atoms with Gasteiger partial charge in [-0.2, -0.15) is 20.1 Å². The van der Waals surface area contributed by atoms with Crippen molar-refractivity contribution in [3.63, 3.8) is 0 Å². The van der Waals surface area contributed by atoms with E-state index in [-0.39, 0.29) is 11.4 Å². The molecule has 1 N–H and O–H groups in total. The molecule has 0 aliphatic carbocycles. The lowest BCUT2D eigenvalue weighted by molar-refractivity contribution is 0.102. The highest BCUT2D eigenvalue weighted by Gasteiger charge is 2.21. The maximum Gasteiger partial charge on any atom is 0.260 e. The number of carbonyl (C=O) groups is 1. The Morgan fingerprint density at radius 2 is 1.79 bits per heavy atom. The summed E-state index contributed by atoms with van der Waals surface area (Å²) in [5.41, 5.74) is 3.02. The molecule has 33 heavy (non-hydrogen) atoms. The fourth-order valence-corrected chi connectivity index (χ4v) is 3.68. The van der Waals surface area contributed by atoms with Crippen LogP contribution in [0.4, 0.5) is 5.82 Å². The van der Waals surface area contributed by atoms with E-state index in [0.717, 1.165) is 16.5 Å². The molecule has 0 saturated heterocycles. The molecule has 0 spiro atoms. The van der Waals surface area contributed by atoms with Crippen LogP contribution in [0.5, 0.6) is 0 Å². The van der Waals surface area contributed by atoms with Gasteiger partial charge in [0.05, 0.1) is 29.2 Å². The number of anilines is 1. The first kappa shape index (κ1) is 20.1. The predicted molar refractivity (Wildman–Crippen MR) is 122 cm³/mol. The third-order valence-corrected chi connectivity index (χ3v) is 5.37. The number of nitrogens with one attached hydrogen (secondary N) is 1. The maximum absolute atomic E-state index is 13.2. The van der Waals surface area contributed by atoms with Crippen LogP contribution in [0, 0.1) is 25.2 Å². The average Bonchev–Trinajstić information content (AvgIpc) is 3.42. The van der Waals surface area contributed by atoms with E-state index in [2.05, 4.69) is 31.6 Å². The Kier molecular flexibility index (Phi) is 4.88. The standard InChI is InChI=1S/C24H18N8O/c1-15-11-22(29-20-8-4-3-7-18(15)20)32-23(17(12-25)13-27-32)30-24(33)19-14-28-31(16(19)2)21-9-5-6-10-26-21/h3-11,13-14H,1-2H3,(H,30,33). The van der Waals surface area contributed by atoms with E-state index < -0.39 is 5.91 Å². The van der Waals surface area contributed by atoms with Crippen LogP contribution in [-0.2, 0) is 0 Å². The number of nitriles is 1. The van der Waals surface area contributed by atoms with Gasteiger partial charge in [-0.15, -0.1) is 0 Å². The van der Waals surface area contributed by atoms with E-state index in [1.165, 1.54) is 17.1 Å². The Hall–Kier alpha value is -4.84. The van der Waals surface area contributed by atoms with E-state index in [0.29, 0.717) is 22.9 Å². The van der Waals surface area contributed by atoms with Gasteiger partial charge in [-0.05, 0) is 43.7 Å². The predicted octanol–water partition coefficient (Wildman–Crippen LogP) is 3.74. The Bertz CT molecular complexity index is 1540. The van der Waals surface area contributed by atoms with Crippen molar-refractivity contribution in [1.82, 2.24) is 29.5 Å². The number of aromatic nitrogens is 6. The fraction of sp³-hybridized carbons (Fsp3) is 0.0833. The molecule has 0 aliphatic rings. The van der Waals surface area contributed by atoms with Gasteiger partial charge in [0, 0.05) is 11.6 Å². The van der Waals surface area contributed by atoms with E-state index >= 15 is 0 Å². The van der Waals surface area contributed by atoms with Crippen LogP contribution in [0.1, 0.15) is 27.2 Å². The van der Waals surface area contributed by atoms with Gasteiger partial charge in [-0.3, -0.25) is 4.79 Å². The van der Waals surface area contributed by atoms with Crippen LogP contribution in [0.2, 0.25) is 0 Å². The number of hydrogen-bond donors (Lipinski definition) is 1. The zero-order valence-corrected chi connectivity index (χ0v) is 17.9. The second kappa shape index (κ2) is 8.01. The molecule has 1 amide bonds. The van der Waals surface area contributed by atoms with Gasteiger partial charge >= 0.3 is 0 Å². The molecule has 0 radical (unpaired) electrons. The molecule has 4 heterocycles. The number of nitrogens with zero attached hydrogens (tertiary/aromatic N) is 7. The van der Waals surface area contributed by atoms with Gasteiger partial charge < -0.3 is 5.32 Å². The Morgan fingerprint density at radius 1 is 1.00 bits per heavy atom. The largest absolute Gasteiger partial charge is 0.305 e. The van der Waals surface area contributed by atoms with Crippen LogP contribution >= 0.6 is 0 Å². The second-order valence-corrected chi connectivity index (χ2v) is 7.44. The molecule has 0 unspecified atom stereocenters. The number of aryl methyl sites for hydroxylation is 1. The van der Waals surface area contributed by atoms with Crippen molar-refractivity contribution < 1.29 is 4.79 Å². The zero-order chi connectivity index (χ0) is 22.9. The molecule has 0 aliphatic heterocycles. The summed E-state index contributed by atoms with van der Waals surface area (Å²) in [5.74, 6) is 0.941. The van der Waals surface area contributed by atoms with E-state index in [4.69, 9.17) is 0 Å². The number of rotatable bonds is 4. The minimum Gasteiger partial charge on any atom is -0.305 e. The minimum atomic E-state index is -0.412. The lowest BCUT2D eigenvalue weighted by Gasteiger charge is -2.11. The smallest absolute Gasteiger partial charge is 0.260 e. The quantitative estimate of drug-likeness (QED) is 0.461. The van der Waals surface area contributed by atoms with Crippen LogP contribution < -0.4 is 5.32 Å². The molecule has 0 bridgehead atoms. The van der Waals surface area contributed by atoms with Crippen molar-refractivity contribution in [2.75, 3.05) is 5.32 Å². The summed E-state index contributed by atoms with van der Waals surface area (Å²) in [5, 5.41) is 22.1. The van der Waals surface area contributed by atoms with Crippen molar-refractivity contribution in [3.05, 3.63) is 89.5 Å². The SMILES string of the molecule is Cc1cc(-n2ncc(C#N)c2NC(=O)c2cnn(-c3ccccn3)c2C)nc2ccccc12. The van der Waals surface area contributed by atoms with Gasteiger partial charge in [0.2, 0.25) is 0 Å². The van der Waals surface area contributed by atoms with Gasteiger partial charge in [0.15, 0.2) is 17.5 Å². The summed E-state index contributed by atoms with van der Waals surface area (Å²) >= 11 is 0. The fourth-order valence-electron chi connectivity index (χ4n) is 3.68. The van der Waals surface area contributed by atoms with Gasteiger partial charge in [-0.25, -0.2) is 14.6 Å². The normalized spacial score (nSPS) is 10.8. The molecule has 4 aromatic heterocycles. The number of pyridine rings is 2. The highest BCUT2D eigenvalue weighted by atomic mass is 16.1. The minimum absolute atomic E-state index is 0.228. The summed E-state index contributed by atoms with van der Waals surface area (Å²) in [6, 6.07) is 17.2. The Balaban J connectivity index is 1.53. The van der Waals surface area contributed by atoms with Crippen LogP contribution in [0.15, 0.2) is 67.1 Å². The van der Waals surface area contributed by atoms with Crippen molar-refractivity contribution in [2.24, 2.45) is 0 Å². The average molecular weight is 434 g/mol. The molecule has 0 saturated carbocycles. The van der Waals surface area contributed by atoms with Crippen molar-refractivity contribution in [3.8, 4) is 17.7 Å². The first-order valence-electron chi connectivity index (χ1n) is 10.2. The van der Waals surface area contributed by atoms with Gasteiger partial charge in [0.25, 0.3) is 5.91 Å². The summed E-state index contributed by atoms with van der Waals surface area (Å²) in [4.78, 5) is 22.1. The lowest BCUT2D eigenvalue weighted by Crippen LogP contribution is -2.17. The summed E-state index contributed by atoms with van der Waals surface area (Å²) in [6.45, 7) is 3.77. The molecule has 0 atom stereocenters. The number of carbonyl (C=O) groups excluding carboxylic acids is 1. The number of benzene rings is 1. The van der Waals surface area contributed by atoms with Gasteiger partial charge in [-0.1, -0.05) is 24.3 Å². The molecular formula is C24H18N8O. The Labute approximate surface area is 189 Å². The first-order valence-corrected chi connectivity index (χ1v) is 10.2. The molecular weight excluding hydrogens is 416 g/mol. The number of para-hydroxylation sites is 1. The summed E-state index contributed by atoms with van der Waals surface area (Å²) in [7, 11) is 0. The zero-order valence-electron chi connectivity index (χ0n) is 17.9. The highest BCUT2D eigenvalue weighted by Crippen LogP contribution is 2.24. The summed E-state index contributed by atoms with van der Waals surface area (Å²) < 4.78 is 3.06. The van der Waals surface area contributed by atoms with Crippen molar-refractivity contribution in [2.45, 2.75) is 13.8 Å². The molecule has 160 valence electrons. The summed E-state index contributed by atoms with van der Waals surface area (Å²) in [6.07, 6.45) is 4.54. The topological polar surface area (TPSA) is 114 Å². The molecule has 9 nitrogen and oxygen atoms in total. The first-order chi connectivity index (χ1) is 16.1. The number of fused-ring (bicyclic) bond motifs is 1. The van der Waals surface area contributed by atoms with Crippen LogP contribution in [-0.4, -0.2) is 35.4 Å². The molecule has 9 heteroatoms.